The van der Waals surface area contributed by atoms with Gasteiger partial charge in [-0.25, -0.2) is 8.42 Å². The van der Waals surface area contributed by atoms with Crippen LogP contribution in [0.15, 0.2) is 114 Å². The molecule has 212 valence electrons. The summed E-state index contributed by atoms with van der Waals surface area (Å²) in [6.07, 6.45) is 0. The Morgan fingerprint density at radius 3 is 1.88 bits per heavy atom. The Hall–Kier alpha value is -3.98. The monoisotopic (exact) mass is 569 g/mol. The fraction of sp³-hybridized carbons (Fsp3) is 0.242. The van der Waals surface area contributed by atoms with Gasteiger partial charge >= 0.3 is 0 Å². The van der Waals surface area contributed by atoms with Gasteiger partial charge in [0.05, 0.1) is 18.0 Å². The van der Waals surface area contributed by atoms with E-state index in [2.05, 4.69) is 53.4 Å². The zero-order valence-electron chi connectivity index (χ0n) is 23.4. The Bertz CT molecular complexity index is 1520. The van der Waals surface area contributed by atoms with Crippen molar-refractivity contribution in [3.63, 3.8) is 0 Å². The van der Waals surface area contributed by atoms with Crippen molar-refractivity contribution in [3.05, 3.63) is 131 Å². The molecule has 0 radical (unpaired) electrons. The average molecular weight is 570 g/mol. The molecule has 0 aromatic heterocycles. The minimum absolute atomic E-state index is 0.0712. The first-order chi connectivity index (χ1) is 19.9. The van der Waals surface area contributed by atoms with Crippen LogP contribution in [0.4, 0.5) is 0 Å². The van der Waals surface area contributed by atoms with Crippen LogP contribution in [-0.2, 0) is 16.6 Å². The van der Waals surface area contributed by atoms with E-state index in [0.29, 0.717) is 30.0 Å². The fourth-order valence-corrected chi connectivity index (χ4v) is 6.55. The van der Waals surface area contributed by atoms with Gasteiger partial charge in [0.25, 0.3) is 5.91 Å². The van der Waals surface area contributed by atoms with Crippen molar-refractivity contribution in [1.82, 2.24) is 14.1 Å². The summed E-state index contributed by atoms with van der Waals surface area (Å²) in [6, 6.07) is 34.6. The highest BCUT2D eigenvalue weighted by atomic mass is 32.2. The van der Waals surface area contributed by atoms with Crippen molar-refractivity contribution in [2.75, 3.05) is 40.3 Å². The molecular formula is C33H35N3O4S. The molecule has 41 heavy (non-hydrogen) atoms. The Morgan fingerprint density at radius 1 is 0.805 bits per heavy atom. The van der Waals surface area contributed by atoms with Crippen molar-refractivity contribution in [3.8, 4) is 5.75 Å². The smallest absolute Gasteiger partial charge is 0.253 e. The first kappa shape index (κ1) is 28.5. The number of nitrogens with zero attached hydrogens (tertiary/aromatic N) is 3. The molecule has 1 heterocycles. The van der Waals surface area contributed by atoms with E-state index in [9.17, 15) is 13.2 Å². The lowest BCUT2D eigenvalue weighted by molar-refractivity contribution is 0.0597. The van der Waals surface area contributed by atoms with Gasteiger partial charge in [-0.05, 0) is 41.5 Å². The predicted octanol–water partition coefficient (Wildman–Crippen LogP) is 5.06. The van der Waals surface area contributed by atoms with E-state index in [1.807, 2.05) is 17.0 Å². The normalized spacial score (nSPS) is 14.4. The lowest BCUT2D eigenvalue weighted by Gasteiger charge is -2.40. The van der Waals surface area contributed by atoms with Gasteiger partial charge in [-0.3, -0.25) is 9.69 Å². The number of sulfonamides is 1. The maximum absolute atomic E-state index is 13.6. The van der Waals surface area contributed by atoms with Crippen LogP contribution in [0.25, 0.3) is 0 Å². The number of ether oxygens (including phenoxy) is 1. The third-order valence-corrected chi connectivity index (χ3v) is 9.39. The molecule has 0 saturated carbocycles. The maximum Gasteiger partial charge on any atom is 0.253 e. The Labute approximate surface area is 242 Å². The van der Waals surface area contributed by atoms with Gasteiger partial charge in [-0.2, -0.15) is 4.31 Å². The van der Waals surface area contributed by atoms with E-state index >= 15 is 0 Å². The largest absolute Gasteiger partial charge is 0.496 e. The highest BCUT2D eigenvalue weighted by Gasteiger charge is 2.29. The number of carbonyl (C=O) groups is 1. The van der Waals surface area contributed by atoms with Crippen LogP contribution >= 0.6 is 0 Å². The van der Waals surface area contributed by atoms with Crippen molar-refractivity contribution < 1.29 is 17.9 Å². The standard InChI is InChI=1S/C33H35N3O4S/c1-34(41(38,39)30-16-10-5-11-17-30)25-29-24-28(18-19-31(29)40-2)33(37)36-22-20-35(21-23-36)32(26-12-6-3-7-13-26)27-14-8-4-9-15-27/h3-19,24,32H,20-23,25H2,1-2H3. The van der Waals surface area contributed by atoms with E-state index in [1.54, 1.807) is 55.6 Å². The van der Waals surface area contributed by atoms with Crippen LogP contribution in [0.3, 0.4) is 0 Å². The van der Waals surface area contributed by atoms with Crippen LogP contribution in [0.1, 0.15) is 33.1 Å². The zero-order valence-corrected chi connectivity index (χ0v) is 24.2. The molecule has 1 fully saturated rings. The van der Waals surface area contributed by atoms with Crippen molar-refractivity contribution in [2.45, 2.75) is 17.5 Å². The predicted molar refractivity (Wildman–Crippen MR) is 160 cm³/mol. The number of benzene rings is 4. The molecule has 7 nitrogen and oxygen atoms in total. The summed E-state index contributed by atoms with van der Waals surface area (Å²) in [5.74, 6) is 0.466. The maximum atomic E-state index is 13.6. The van der Waals surface area contributed by atoms with E-state index in [1.165, 1.54) is 22.5 Å². The molecule has 8 heteroatoms. The molecule has 1 aliphatic heterocycles. The summed E-state index contributed by atoms with van der Waals surface area (Å²) in [6.45, 7) is 2.74. The quantitative estimate of drug-likeness (QED) is 0.282. The van der Waals surface area contributed by atoms with Gasteiger partial charge in [0.2, 0.25) is 10.0 Å². The molecular weight excluding hydrogens is 534 g/mol. The summed E-state index contributed by atoms with van der Waals surface area (Å²) in [7, 11) is -0.623. The molecule has 0 N–H and O–H groups in total. The number of methoxy groups -OCH3 is 1. The molecule has 1 saturated heterocycles. The lowest BCUT2D eigenvalue weighted by atomic mass is 9.96. The number of piperazine rings is 1. The second-order valence-electron chi connectivity index (χ2n) is 10.2. The van der Waals surface area contributed by atoms with Crippen LogP contribution in [0, 0.1) is 0 Å². The minimum Gasteiger partial charge on any atom is -0.496 e. The fourth-order valence-electron chi connectivity index (χ4n) is 5.38. The van der Waals surface area contributed by atoms with Crippen LogP contribution in [0.2, 0.25) is 0 Å². The van der Waals surface area contributed by atoms with Gasteiger partial charge in [0.1, 0.15) is 5.75 Å². The molecule has 5 rings (SSSR count). The molecule has 1 amide bonds. The summed E-state index contributed by atoms with van der Waals surface area (Å²) < 4.78 is 33.0. The summed E-state index contributed by atoms with van der Waals surface area (Å²) in [4.78, 5) is 18.1. The average Bonchev–Trinajstić information content (AvgIpc) is 3.02. The van der Waals surface area contributed by atoms with Gasteiger partial charge in [0, 0.05) is 50.9 Å². The summed E-state index contributed by atoms with van der Waals surface area (Å²) in [5.41, 5.74) is 3.61. The Balaban J connectivity index is 1.31. The number of rotatable bonds is 9. The van der Waals surface area contributed by atoms with Gasteiger partial charge < -0.3 is 9.64 Å². The van der Waals surface area contributed by atoms with E-state index < -0.39 is 10.0 Å². The van der Waals surface area contributed by atoms with E-state index in [0.717, 1.165) is 13.1 Å². The SMILES string of the molecule is COc1ccc(C(=O)N2CCN(C(c3ccccc3)c3ccccc3)CC2)cc1CN(C)S(=O)(=O)c1ccccc1. The Kier molecular flexibility index (Phi) is 8.83. The van der Waals surface area contributed by atoms with Crippen LogP contribution in [-0.4, -0.2) is 68.8 Å². The molecule has 4 aromatic carbocycles. The van der Waals surface area contributed by atoms with Gasteiger partial charge in [-0.15, -0.1) is 0 Å². The van der Waals surface area contributed by atoms with Crippen molar-refractivity contribution in [1.29, 1.82) is 0 Å². The number of carbonyl (C=O) groups excluding carboxylic acids is 1. The first-order valence-electron chi connectivity index (χ1n) is 13.7. The first-order valence-corrected chi connectivity index (χ1v) is 15.1. The van der Waals surface area contributed by atoms with E-state index in [-0.39, 0.29) is 23.4 Å². The minimum atomic E-state index is -3.70. The number of hydrogen-bond acceptors (Lipinski definition) is 5. The van der Waals surface area contributed by atoms with E-state index in [4.69, 9.17) is 4.74 Å². The highest BCUT2D eigenvalue weighted by molar-refractivity contribution is 7.89. The molecule has 0 bridgehead atoms. The molecule has 4 aromatic rings. The number of hydrogen-bond donors (Lipinski definition) is 0. The topological polar surface area (TPSA) is 70.2 Å². The molecule has 0 atom stereocenters. The summed E-state index contributed by atoms with van der Waals surface area (Å²) in [5, 5.41) is 0. The van der Waals surface area contributed by atoms with Gasteiger partial charge in [0.15, 0.2) is 0 Å². The second-order valence-corrected chi connectivity index (χ2v) is 12.2. The summed E-state index contributed by atoms with van der Waals surface area (Å²) >= 11 is 0. The van der Waals surface area contributed by atoms with Crippen LogP contribution in [0.5, 0.6) is 5.75 Å². The molecule has 0 unspecified atom stereocenters. The third-order valence-electron chi connectivity index (χ3n) is 7.57. The van der Waals surface area contributed by atoms with Gasteiger partial charge in [-0.1, -0.05) is 78.9 Å². The Morgan fingerprint density at radius 2 is 1.34 bits per heavy atom. The number of amides is 1. The van der Waals surface area contributed by atoms with Crippen LogP contribution < -0.4 is 4.74 Å². The molecule has 0 spiro atoms. The van der Waals surface area contributed by atoms with Crippen molar-refractivity contribution >= 4 is 15.9 Å². The zero-order chi connectivity index (χ0) is 28.8. The second kappa shape index (κ2) is 12.7. The third kappa shape index (κ3) is 6.35. The molecule has 1 aliphatic rings. The lowest BCUT2D eigenvalue weighted by Crippen LogP contribution is -2.49. The highest BCUT2D eigenvalue weighted by Crippen LogP contribution is 2.30. The van der Waals surface area contributed by atoms with Crippen molar-refractivity contribution in [2.24, 2.45) is 0 Å². The molecule has 0 aliphatic carbocycles.